The Kier molecular flexibility index (Phi) is 5.35. The number of rotatable bonds is 3. The lowest BCUT2D eigenvalue weighted by atomic mass is 9.92. The molecule has 0 bridgehead atoms. The zero-order valence-electron chi connectivity index (χ0n) is 13.1. The van der Waals surface area contributed by atoms with Crippen LogP contribution < -0.4 is 15.8 Å². The summed E-state index contributed by atoms with van der Waals surface area (Å²) in [5, 5.41) is 13.9. The van der Waals surface area contributed by atoms with Crippen LogP contribution in [0.4, 0.5) is 10.5 Å². The lowest BCUT2D eigenvalue weighted by Crippen LogP contribution is -2.59. The molecule has 0 aromatic heterocycles. The number of nitriles is 1. The molecule has 2 N–H and O–H groups in total. The highest BCUT2D eigenvalue weighted by atomic mass is 35.5. The predicted octanol–water partition coefficient (Wildman–Crippen LogP) is 3.86. The molecule has 1 aliphatic heterocycles. The number of carbonyl (C=O) groups is 2. The van der Waals surface area contributed by atoms with Gasteiger partial charge in [0, 0.05) is 20.6 Å². The monoisotopic (exact) mass is 408 g/mol. The minimum absolute atomic E-state index is 0.0612. The van der Waals surface area contributed by atoms with Crippen LogP contribution in [-0.4, -0.2) is 18.5 Å². The first-order valence-corrected chi connectivity index (χ1v) is 8.55. The van der Waals surface area contributed by atoms with Gasteiger partial charge in [-0.2, -0.15) is 5.26 Å². The van der Waals surface area contributed by atoms with Crippen LogP contribution in [0.1, 0.15) is 17.0 Å². The Labute approximate surface area is 164 Å². The summed E-state index contributed by atoms with van der Waals surface area (Å²) >= 11 is 18.6. The minimum Gasteiger partial charge on any atom is -0.275 e. The fourth-order valence-corrected chi connectivity index (χ4v) is 3.41. The molecular weight excluding hydrogens is 399 g/mol. The highest BCUT2D eigenvalue weighted by Crippen LogP contribution is 2.38. The second kappa shape index (κ2) is 7.52. The van der Waals surface area contributed by atoms with Crippen molar-refractivity contribution in [3.8, 4) is 6.07 Å². The third kappa shape index (κ3) is 3.62. The van der Waals surface area contributed by atoms with E-state index in [2.05, 4.69) is 16.8 Å². The number of urea groups is 1. The highest BCUT2D eigenvalue weighted by molar-refractivity contribution is 6.37. The van der Waals surface area contributed by atoms with Crippen molar-refractivity contribution in [3.05, 3.63) is 62.6 Å². The molecule has 0 aliphatic carbocycles. The third-order valence-corrected chi connectivity index (χ3v) is 4.67. The average Bonchev–Trinajstić information content (AvgIpc) is 2.59. The summed E-state index contributed by atoms with van der Waals surface area (Å²) < 4.78 is 0. The van der Waals surface area contributed by atoms with Crippen molar-refractivity contribution in [2.45, 2.75) is 5.92 Å². The second-order valence-electron chi connectivity index (χ2n) is 5.46. The molecule has 2 aromatic rings. The molecule has 1 atom stereocenters. The van der Waals surface area contributed by atoms with E-state index in [4.69, 9.17) is 34.8 Å². The fourth-order valence-electron chi connectivity index (χ4n) is 2.59. The Morgan fingerprint density at radius 1 is 1.08 bits per heavy atom. The van der Waals surface area contributed by atoms with Gasteiger partial charge < -0.3 is 0 Å². The van der Waals surface area contributed by atoms with Crippen LogP contribution in [0.5, 0.6) is 0 Å². The number of hydrogen-bond donors (Lipinski definition) is 2. The Morgan fingerprint density at radius 3 is 2.23 bits per heavy atom. The molecule has 6 nitrogen and oxygen atoms in total. The summed E-state index contributed by atoms with van der Waals surface area (Å²) in [6.07, 6.45) is 0. The van der Waals surface area contributed by atoms with Gasteiger partial charge in [0.05, 0.1) is 24.2 Å². The van der Waals surface area contributed by atoms with E-state index < -0.39 is 17.9 Å². The van der Waals surface area contributed by atoms with E-state index in [0.717, 1.165) is 5.01 Å². The number of halogens is 3. The maximum atomic E-state index is 11.9. The molecule has 26 heavy (non-hydrogen) atoms. The van der Waals surface area contributed by atoms with Gasteiger partial charge in [0.25, 0.3) is 0 Å². The Morgan fingerprint density at radius 2 is 1.69 bits per heavy atom. The van der Waals surface area contributed by atoms with E-state index >= 15 is 0 Å². The molecule has 132 valence electrons. The molecule has 1 fully saturated rings. The van der Waals surface area contributed by atoms with E-state index in [1.54, 1.807) is 24.3 Å². The van der Waals surface area contributed by atoms with Crippen LogP contribution in [0.3, 0.4) is 0 Å². The van der Waals surface area contributed by atoms with Crippen LogP contribution in [0.25, 0.3) is 0 Å². The average molecular weight is 410 g/mol. The fraction of sp³-hybridized carbons (Fsp3) is 0.118. The van der Waals surface area contributed by atoms with E-state index in [9.17, 15) is 14.9 Å². The third-order valence-electron chi connectivity index (χ3n) is 3.79. The van der Waals surface area contributed by atoms with Gasteiger partial charge >= 0.3 is 6.03 Å². The summed E-state index contributed by atoms with van der Waals surface area (Å²) in [7, 11) is 0. The number of carbonyl (C=O) groups excluding carboxylic acids is 2. The van der Waals surface area contributed by atoms with Gasteiger partial charge in [-0.15, -0.1) is 0 Å². The first-order valence-electron chi connectivity index (χ1n) is 7.42. The summed E-state index contributed by atoms with van der Waals surface area (Å²) in [6.45, 7) is -0.0612. The minimum atomic E-state index is -0.703. The summed E-state index contributed by atoms with van der Waals surface area (Å²) in [5.41, 5.74) is 4.13. The van der Waals surface area contributed by atoms with Crippen LogP contribution in [-0.2, 0) is 4.79 Å². The number of nitrogens with one attached hydrogen (secondary N) is 2. The lowest BCUT2D eigenvalue weighted by Gasteiger charge is -2.28. The molecule has 1 unspecified atom stereocenters. The van der Waals surface area contributed by atoms with Crippen LogP contribution >= 0.6 is 34.8 Å². The van der Waals surface area contributed by atoms with Crippen LogP contribution in [0.15, 0.2) is 36.4 Å². The van der Waals surface area contributed by atoms with Gasteiger partial charge in [0.1, 0.15) is 0 Å². The number of anilines is 1. The van der Waals surface area contributed by atoms with E-state index in [0.29, 0.717) is 21.8 Å². The number of imide groups is 1. The molecule has 9 heteroatoms. The number of amides is 3. The van der Waals surface area contributed by atoms with Crippen molar-refractivity contribution < 1.29 is 9.59 Å². The quantitative estimate of drug-likeness (QED) is 0.806. The Bertz CT molecular complexity index is 902. The first-order chi connectivity index (χ1) is 12.4. The number of benzene rings is 2. The maximum absolute atomic E-state index is 11.9. The van der Waals surface area contributed by atoms with Crippen molar-refractivity contribution in [2.24, 2.45) is 0 Å². The van der Waals surface area contributed by atoms with Crippen LogP contribution in [0.2, 0.25) is 15.1 Å². The molecule has 0 saturated carbocycles. The Balaban J connectivity index is 1.99. The first kappa shape index (κ1) is 18.5. The van der Waals surface area contributed by atoms with E-state index in [1.807, 2.05) is 0 Å². The van der Waals surface area contributed by atoms with Gasteiger partial charge in [-0.25, -0.2) is 15.2 Å². The van der Waals surface area contributed by atoms with Crippen molar-refractivity contribution >= 4 is 52.4 Å². The maximum Gasteiger partial charge on any atom is 0.343 e. The number of hydrogen-bond acceptors (Lipinski definition) is 4. The molecule has 0 spiro atoms. The summed E-state index contributed by atoms with van der Waals surface area (Å²) in [5.74, 6) is -1.14. The van der Waals surface area contributed by atoms with Crippen molar-refractivity contribution in [3.63, 3.8) is 0 Å². The largest absolute Gasteiger partial charge is 0.343 e. The Hall–Kier alpha value is -2.30. The molecule has 1 aliphatic rings. The van der Waals surface area contributed by atoms with E-state index in [1.165, 1.54) is 12.1 Å². The standard InChI is InChI=1S/C17H11Cl3N4O2/c18-10-3-1-9(2-4-10)12(7-21)16-13(19)5-11(6-14(16)20)24-17(26)23-15(25)8-22-24/h1-6,12,22H,8H2,(H,23,25,26). The zero-order chi connectivity index (χ0) is 18.8. The smallest absolute Gasteiger partial charge is 0.275 e. The second-order valence-corrected chi connectivity index (χ2v) is 6.71. The number of nitrogens with zero attached hydrogens (tertiary/aromatic N) is 2. The van der Waals surface area contributed by atoms with Gasteiger partial charge in [-0.3, -0.25) is 10.1 Å². The molecular formula is C17H11Cl3N4O2. The topological polar surface area (TPSA) is 85.2 Å². The molecule has 0 radical (unpaired) electrons. The lowest BCUT2D eigenvalue weighted by molar-refractivity contribution is -0.119. The number of hydrazine groups is 1. The molecule has 1 saturated heterocycles. The van der Waals surface area contributed by atoms with Crippen molar-refractivity contribution in [1.82, 2.24) is 10.7 Å². The highest BCUT2D eigenvalue weighted by Gasteiger charge is 2.27. The SMILES string of the molecule is N#CC(c1ccc(Cl)cc1)c1c(Cl)cc(N2NCC(=O)NC2=O)cc1Cl. The zero-order valence-corrected chi connectivity index (χ0v) is 15.4. The summed E-state index contributed by atoms with van der Waals surface area (Å²) in [6, 6.07) is 11.4. The van der Waals surface area contributed by atoms with Crippen LogP contribution in [0, 0.1) is 11.3 Å². The molecule has 1 heterocycles. The van der Waals surface area contributed by atoms with Gasteiger partial charge in [-0.05, 0) is 29.8 Å². The molecule has 3 amide bonds. The molecule has 3 rings (SSSR count). The van der Waals surface area contributed by atoms with Crippen molar-refractivity contribution in [2.75, 3.05) is 11.6 Å². The predicted molar refractivity (Wildman–Crippen MR) is 99.4 cm³/mol. The van der Waals surface area contributed by atoms with Crippen molar-refractivity contribution in [1.29, 1.82) is 5.26 Å². The van der Waals surface area contributed by atoms with Gasteiger partial charge in [-0.1, -0.05) is 46.9 Å². The molecule has 2 aromatic carbocycles. The van der Waals surface area contributed by atoms with Gasteiger partial charge in [0.15, 0.2) is 0 Å². The summed E-state index contributed by atoms with van der Waals surface area (Å²) in [4.78, 5) is 23.2. The van der Waals surface area contributed by atoms with E-state index in [-0.39, 0.29) is 16.6 Å². The normalized spacial score (nSPS) is 15.4. The van der Waals surface area contributed by atoms with Gasteiger partial charge in [0.2, 0.25) is 5.91 Å².